The van der Waals surface area contributed by atoms with E-state index >= 15 is 0 Å². The van der Waals surface area contributed by atoms with Gasteiger partial charge < -0.3 is 5.11 Å². The van der Waals surface area contributed by atoms with Gasteiger partial charge in [0.1, 0.15) is 0 Å². The molecule has 0 bridgehead atoms. The van der Waals surface area contributed by atoms with E-state index in [9.17, 15) is 13.2 Å². The number of carboxylic acids is 1. The van der Waals surface area contributed by atoms with Crippen molar-refractivity contribution in [2.75, 3.05) is 7.05 Å². The van der Waals surface area contributed by atoms with Gasteiger partial charge >= 0.3 is 5.97 Å². The van der Waals surface area contributed by atoms with E-state index in [2.05, 4.69) is 0 Å². The molecule has 5 nitrogen and oxygen atoms in total. The zero-order chi connectivity index (χ0) is 13.3. The first kappa shape index (κ1) is 13.0. The van der Waals surface area contributed by atoms with Crippen LogP contribution in [0, 0.1) is 0 Å². The minimum Gasteiger partial charge on any atom is -0.481 e. The molecule has 1 aromatic rings. The van der Waals surface area contributed by atoms with Gasteiger partial charge in [0.15, 0.2) is 0 Å². The summed E-state index contributed by atoms with van der Waals surface area (Å²) < 4.78 is 25.7. The Hall–Kier alpha value is -1.40. The van der Waals surface area contributed by atoms with Crippen LogP contribution < -0.4 is 0 Å². The first-order chi connectivity index (χ1) is 8.41. The molecule has 0 unspecified atom stereocenters. The molecule has 1 aliphatic carbocycles. The molecule has 0 amide bonds. The predicted molar refractivity (Wildman–Crippen MR) is 65.8 cm³/mol. The van der Waals surface area contributed by atoms with Gasteiger partial charge in [-0.1, -0.05) is 12.1 Å². The van der Waals surface area contributed by atoms with Crippen LogP contribution in [0.15, 0.2) is 29.2 Å². The van der Waals surface area contributed by atoms with Crippen molar-refractivity contribution in [2.45, 2.75) is 30.2 Å². The third kappa shape index (κ3) is 2.70. The highest BCUT2D eigenvalue weighted by molar-refractivity contribution is 7.89. The Balaban J connectivity index is 2.20. The van der Waals surface area contributed by atoms with Crippen LogP contribution in [0.4, 0.5) is 0 Å². The van der Waals surface area contributed by atoms with Gasteiger partial charge in [-0.25, -0.2) is 8.42 Å². The van der Waals surface area contributed by atoms with Crippen molar-refractivity contribution >= 4 is 16.0 Å². The number of nitrogens with zero attached hydrogens (tertiary/aromatic N) is 1. The van der Waals surface area contributed by atoms with Crippen molar-refractivity contribution in [3.63, 3.8) is 0 Å². The maximum Gasteiger partial charge on any atom is 0.307 e. The van der Waals surface area contributed by atoms with Gasteiger partial charge in [0.25, 0.3) is 0 Å². The molecule has 0 saturated heterocycles. The monoisotopic (exact) mass is 269 g/mol. The van der Waals surface area contributed by atoms with Crippen molar-refractivity contribution in [1.82, 2.24) is 4.31 Å². The average Bonchev–Trinajstić information content (AvgIpc) is 3.11. The number of carboxylic acid groups (broad SMARTS) is 1. The van der Waals surface area contributed by atoms with Crippen molar-refractivity contribution in [2.24, 2.45) is 0 Å². The molecule has 0 radical (unpaired) electrons. The largest absolute Gasteiger partial charge is 0.481 e. The second kappa shape index (κ2) is 4.70. The van der Waals surface area contributed by atoms with E-state index in [-0.39, 0.29) is 17.4 Å². The highest BCUT2D eigenvalue weighted by Gasteiger charge is 2.34. The van der Waals surface area contributed by atoms with Crippen molar-refractivity contribution < 1.29 is 18.3 Å². The third-order valence-corrected chi connectivity index (χ3v) is 4.94. The summed E-state index contributed by atoms with van der Waals surface area (Å²) in [4.78, 5) is 10.7. The van der Waals surface area contributed by atoms with Gasteiger partial charge in [-0.15, -0.1) is 0 Å². The number of rotatable bonds is 5. The normalized spacial score (nSPS) is 15.9. The number of hydrogen-bond acceptors (Lipinski definition) is 3. The van der Waals surface area contributed by atoms with E-state index in [0.29, 0.717) is 5.56 Å². The zero-order valence-corrected chi connectivity index (χ0v) is 10.9. The fourth-order valence-corrected chi connectivity index (χ4v) is 3.17. The minimum absolute atomic E-state index is 0.0984. The number of aliphatic carboxylic acids is 1. The van der Waals surface area contributed by atoms with E-state index in [1.807, 2.05) is 0 Å². The topological polar surface area (TPSA) is 74.7 Å². The molecule has 1 aliphatic rings. The van der Waals surface area contributed by atoms with Gasteiger partial charge in [0.2, 0.25) is 10.0 Å². The van der Waals surface area contributed by atoms with Crippen LogP contribution in [-0.2, 0) is 21.2 Å². The summed E-state index contributed by atoms with van der Waals surface area (Å²) in [7, 11) is -1.85. The Bertz CT molecular complexity index is 546. The summed E-state index contributed by atoms with van der Waals surface area (Å²) >= 11 is 0. The van der Waals surface area contributed by atoms with Crippen LogP contribution in [0.2, 0.25) is 0 Å². The molecular weight excluding hydrogens is 254 g/mol. The van der Waals surface area contributed by atoms with E-state index < -0.39 is 16.0 Å². The maximum absolute atomic E-state index is 12.2. The molecule has 0 aliphatic heterocycles. The predicted octanol–water partition coefficient (Wildman–Crippen LogP) is 1.10. The Morgan fingerprint density at radius 2 is 1.89 bits per heavy atom. The van der Waals surface area contributed by atoms with Crippen molar-refractivity contribution in [3.05, 3.63) is 29.8 Å². The first-order valence-electron chi connectivity index (χ1n) is 5.70. The van der Waals surface area contributed by atoms with Gasteiger partial charge in [0, 0.05) is 13.1 Å². The summed E-state index contributed by atoms with van der Waals surface area (Å²) in [6.07, 6.45) is 1.72. The van der Waals surface area contributed by atoms with E-state index in [1.165, 1.54) is 16.4 Å². The van der Waals surface area contributed by atoms with Crippen LogP contribution in [-0.4, -0.2) is 36.9 Å². The Morgan fingerprint density at radius 1 is 1.33 bits per heavy atom. The number of benzene rings is 1. The molecule has 1 saturated carbocycles. The molecule has 1 fully saturated rings. The summed E-state index contributed by atoms with van der Waals surface area (Å²) in [6, 6.07) is 6.14. The molecule has 1 N–H and O–H groups in total. The smallest absolute Gasteiger partial charge is 0.307 e. The van der Waals surface area contributed by atoms with E-state index in [4.69, 9.17) is 5.11 Å². The second-order valence-electron chi connectivity index (χ2n) is 4.47. The lowest BCUT2D eigenvalue weighted by atomic mass is 10.2. The fraction of sp³-hybridized carbons (Fsp3) is 0.417. The van der Waals surface area contributed by atoms with Crippen molar-refractivity contribution in [3.8, 4) is 0 Å². The molecule has 0 spiro atoms. The lowest BCUT2D eigenvalue weighted by Gasteiger charge is -2.16. The molecule has 0 aromatic heterocycles. The molecule has 2 rings (SSSR count). The Kier molecular flexibility index (Phi) is 3.41. The van der Waals surface area contributed by atoms with E-state index in [0.717, 1.165) is 12.8 Å². The summed E-state index contributed by atoms with van der Waals surface area (Å²) in [5.74, 6) is -0.930. The highest BCUT2D eigenvalue weighted by Crippen LogP contribution is 2.30. The lowest BCUT2D eigenvalue weighted by Crippen LogP contribution is -2.28. The molecule has 0 atom stereocenters. The van der Waals surface area contributed by atoms with Crippen molar-refractivity contribution in [1.29, 1.82) is 0 Å². The molecule has 98 valence electrons. The van der Waals surface area contributed by atoms with Crippen LogP contribution in [0.25, 0.3) is 0 Å². The molecule has 6 heteroatoms. The average molecular weight is 269 g/mol. The van der Waals surface area contributed by atoms with Crippen LogP contribution in [0.1, 0.15) is 18.4 Å². The third-order valence-electron chi connectivity index (χ3n) is 3.02. The molecular formula is C12H15NO4S. The summed E-state index contributed by atoms with van der Waals surface area (Å²) in [5, 5.41) is 8.64. The van der Waals surface area contributed by atoms with Crippen LogP contribution in [0.3, 0.4) is 0 Å². The molecule has 1 aromatic carbocycles. The van der Waals surface area contributed by atoms with Gasteiger partial charge in [-0.05, 0) is 30.5 Å². The maximum atomic E-state index is 12.2. The minimum atomic E-state index is -3.44. The number of carbonyl (C=O) groups is 1. The second-order valence-corrected chi connectivity index (χ2v) is 6.46. The quantitative estimate of drug-likeness (QED) is 0.868. The summed E-state index contributed by atoms with van der Waals surface area (Å²) in [6.45, 7) is 0. The highest BCUT2D eigenvalue weighted by atomic mass is 32.2. The lowest BCUT2D eigenvalue weighted by molar-refractivity contribution is -0.136. The SMILES string of the molecule is CN(C1CC1)S(=O)(=O)c1ccc(CC(=O)O)cc1. The zero-order valence-electron chi connectivity index (χ0n) is 10.0. The number of hydrogen-bond donors (Lipinski definition) is 1. The van der Waals surface area contributed by atoms with Gasteiger partial charge in [-0.3, -0.25) is 4.79 Å². The fourth-order valence-electron chi connectivity index (χ4n) is 1.75. The Morgan fingerprint density at radius 3 is 2.33 bits per heavy atom. The Labute approximate surface area is 106 Å². The van der Waals surface area contributed by atoms with Crippen LogP contribution >= 0.6 is 0 Å². The summed E-state index contributed by atoms with van der Waals surface area (Å²) in [5.41, 5.74) is 0.593. The van der Waals surface area contributed by atoms with E-state index in [1.54, 1.807) is 19.2 Å². The van der Waals surface area contributed by atoms with Crippen LogP contribution in [0.5, 0.6) is 0 Å². The first-order valence-corrected chi connectivity index (χ1v) is 7.14. The standard InChI is InChI=1S/C12H15NO4S/c1-13(10-4-5-10)18(16,17)11-6-2-9(3-7-11)8-12(14)15/h2-3,6-7,10H,4-5,8H2,1H3,(H,14,15). The molecule has 18 heavy (non-hydrogen) atoms. The number of sulfonamides is 1. The van der Waals surface area contributed by atoms with Gasteiger partial charge in [0.05, 0.1) is 11.3 Å². The van der Waals surface area contributed by atoms with Gasteiger partial charge in [-0.2, -0.15) is 4.31 Å². The molecule has 0 heterocycles.